The summed E-state index contributed by atoms with van der Waals surface area (Å²) in [6.07, 6.45) is 1.79. The van der Waals surface area contributed by atoms with Gasteiger partial charge in [-0.05, 0) is 41.7 Å². The Kier molecular flexibility index (Phi) is 4.18. The van der Waals surface area contributed by atoms with Gasteiger partial charge in [0.2, 0.25) is 5.78 Å². The second-order valence-electron chi connectivity index (χ2n) is 6.90. The molecular weight excluding hydrogens is 300 g/mol. The van der Waals surface area contributed by atoms with Crippen LogP contribution in [0.25, 0.3) is 6.08 Å². The second-order valence-corrected chi connectivity index (χ2v) is 6.90. The molecular formula is C21H22O3. The Morgan fingerprint density at radius 2 is 1.79 bits per heavy atom. The molecule has 2 aromatic carbocycles. The third kappa shape index (κ3) is 3.21. The van der Waals surface area contributed by atoms with Crippen molar-refractivity contribution in [3.05, 3.63) is 64.9 Å². The number of hydrogen-bond acceptors (Lipinski definition) is 3. The Morgan fingerprint density at radius 1 is 1.08 bits per heavy atom. The van der Waals surface area contributed by atoms with E-state index in [0.29, 0.717) is 29.4 Å². The molecule has 0 saturated heterocycles. The van der Waals surface area contributed by atoms with Crippen molar-refractivity contribution >= 4 is 11.9 Å². The van der Waals surface area contributed by atoms with Crippen molar-refractivity contribution < 1.29 is 14.3 Å². The normalized spacial score (nSPS) is 15.3. The Balaban J connectivity index is 1.85. The van der Waals surface area contributed by atoms with Gasteiger partial charge >= 0.3 is 0 Å². The first-order valence-electron chi connectivity index (χ1n) is 8.20. The maximum Gasteiger partial charge on any atom is 0.231 e. The van der Waals surface area contributed by atoms with Crippen LogP contribution in [0.5, 0.6) is 11.5 Å². The number of benzene rings is 2. The molecule has 0 N–H and O–H groups in total. The lowest BCUT2D eigenvalue weighted by Crippen LogP contribution is -2.10. The molecule has 0 amide bonds. The molecule has 0 aromatic heterocycles. The molecule has 3 rings (SSSR count). The van der Waals surface area contributed by atoms with E-state index in [1.807, 2.05) is 19.1 Å². The zero-order chi connectivity index (χ0) is 17.3. The highest BCUT2D eigenvalue weighted by Crippen LogP contribution is 2.35. The van der Waals surface area contributed by atoms with Gasteiger partial charge in [0.15, 0.2) is 5.76 Å². The quantitative estimate of drug-likeness (QED) is 0.746. The van der Waals surface area contributed by atoms with Crippen LogP contribution in [-0.2, 0) is 5.41 Å². The molecule has 124 valence electrons. The summed E-state index contributed by atoms with van der Waals surface area (Å²) in [5.74, 6) is 1.53. The number of ether oxygens (including phenoxy) is 2. The molecule has 0 atom stereocenters. The van der Waals surface area contributed by atoms with Crippen LogP contribution in [0.3, 0.4) is 0 Å². The summed E-state index contributed by atoms with van der Waals surface area (Å²) in [5.41, 5.74) is 2.89. The van der Waals surface area contributed by atoms with Crippen molar-refractivity contribution in [3.63, 3.8) is 0 Å². The summed E-state index contributed by atoms with van der Waals surface area (Å²) in [5, 5.41) is 0. The maximum atomic E-state index is 12.5. The highest BCUT2D eigenvalue weighted by molar-refractivity contribution is 6.14. The molecule has 3 heteroatoms. The lowest BCUT2D eigenvalue weighted by atomic mass is 9.86. The van der Waals surface area contributed by atoms with E-state index in [1.54, 1.807) is 24.3 Å². The number of allylic oxidation sites excluding steroid dienone is 1. The summed E-state index contributed by atoms with van der Waals surface area (Å²) in [6.45, 7) is 9.03. The Morgan fingerprint density at radius 3 is 2.42 bits per heavy atom. The minimum absolute atomic E-state index is 0.0899. The van der Waals surface area contributed by atoms with E-state index in [4.69, 9.17) is 9.47 Å². The first kappa shape index (κ1) is 16.3. The van der Waals surface area contributed by atoms with Gasteiger partial charge in [0.25, 0.3) is 0 Å². The molecule has 0 saturated carbocycles. The molecule has 0 unspecified atom stereocenters. The maximum absolute atomic E-state index is 12.5. The molecule has 0 spiro atoms. The fourth-order valence-corrected chi connectivity index (χ4v) is 2.65. The lowest BCUT2D eigenvalue weighted by molar-refractivity contribution is 0.101. The van der Waals surface area contributed by atoms with Crippen LogP contribution in [0, 0.1) is 0 Å². The minimum atomic E-state index is -0.0899. The fraction of sp³-hybridized carbons (Fsp3) is 0.286. The second kappa shape index (κ2) is 6.16. The van der Waals surface area contributed by atoms with E-state index in [0.717, 1.165) is 5.56 Å². The molecule has 1 heterocycles. The van der Waals surface area contributed by atoms with Crippen molar-refractivity contribution in [2.24, 2.45) is 0 Å². The molecule has 1 aliphatic rings. The highest BCUT2D eigenvalue weighted by atomic mass is 16.5. The van der Waals surface area contributed by atoms with E-state index in [9.17, 15) is 4.79 Å². The monoisotopic (exact) mass is 322 g/mol. The number of fused-ring (bicyclic) bond motifs is 1. The number of ketones is 1. The molecule has 0 bridgehead atoms. The number of carbonyl (C=O) groups excluding carboxylic acids is 1. The molecule has 1 aliphatic heterocycles. The highest BCUT2D eigenvalue weighted by Gasteiger charge is 2.27. The summed E-state index contributed by atoms with van der Waals surface area (Å²) >= 11 is 0. The van der Waals surface area contributed by atoms with Crippen molar-refractivity contribution in [2.75, 3.05) is 6.61 Å². The Hall–Kier alpha value is -2.55. The molecule has 3 nitrogen and oxygen atoms in total. The van der Waals surface area contributed by atoms with Crippen molar-refractivity contribution in [1.29, 1.82) is 0 Å². The third-order valence-electron chi connectivity index (χ3n) is 4.03. The van der Waals surface area contributed by atoms with Gasteiger partial charge in [0.05, 0.1) is 12.2 Å². The molecule has 0 radical (unpaired) electrons. The van der Waals surface area contributed by atoms with E-state index in [1.165, 1.54) is 5.56 Å². The van der Waals surface area contributed by atoms with Gasteiger partial charge in [-0.15, -0.1) is 0 Å². The molecule has 2 aromatic rings. The number of rotatable bonds is 3. The summed E-state index contributed by atoms with van der Waals surface area (Å²) in [4.78, 5) is 12.5. The Labute approximate surface area is 142 Å². The van der Waals surface area contributed by atoms with Gasteiger partial charge in [-0.3, -0.25) is 4.79 Å². The molecule has 0 aliphatic carbocycles. The van der Waals surface area contributed by atoms with Gasteiger partial charge < -0.3 is 9.47 Å². The van der Waals surface area contributed by atoms with E-state index in [-0.39, 0.29) is 11.2 Å². The lowest BCUT2D eigenvalue weighted by Gasteiger charge is -2.18. The smallest absolute Gasteiger partial charge is 0.231 e. The van der Waals surface area contributed by atoms with Crippen LogP contribution in [-0.4, -0.2) is 12.4 Å². The van der Waals surface area contributed by atoms with Crippen molar-refractivity contribution in [1.82, 2.24) is 0 Å². The average molecular weight is 322 g/mol. The molecule has 24 heavy (non-hydrogen) atoms. The van der Waals surface area contributed by atoms with E-state index in [2.05, 4.69) is 32.9 Å². The van der Waals surface area contributed by atoms with Crippen LogP contribution in [0.4, 0.5) is 0 Å². The zero-order valence-electron chi connectivity index (χ0n) is 14.6. The predicted molar refractivity (Wildman–Crippen MR) is 95.7 cm³/mol. The summed E-state index contributed by atoms with van der Waals surface area (Å²) < 4.78 is 11.2. The topological polar surface area (TPSA) is 35.5 Å². The summed E-state index contributed by atoms with van der Waals surface area (Å²) in [6, 6.07) is 13.5. The zero-order valence-corrected chi connectivity index (χ0v) is 14.6. The number of hydrogen-bond donors (Lipinski definition) is 0. The van der Waals surface area contributed by atoms with Crippen molar-refractivity contribution in [3.8, 4) is 11.5 Å². The van der Waals surface area contributed by atoms with Gasteiger partial charge in [-0.25, -0.2) is 0 Å². The van der Waals surface area contributed by atoms with E-state index < -0.39 is 0 Å². The first-order valence-corrected chi connectivity index (χ1v) is 8.20. The van der Waals surface area contributed by atoms with Crippen LogP contribution in [0.15, 0.2) is 48.2 Å². The Bertz CT molecular complexity index is 793. The van der Waals surface area contributed by atoms with Gasteiger partial charge in [-0.1, -0.05) is 45.0 Å². The van der Waals surface area contributed by atoms with Crippen LogP contribution in [0.2, 0.25) is 0 Å². The first-order chi connectivity index (χ1) is 11.4. The SMILES string of the molecule is CCOc1ccc2c(c1)O/C(=C/c1ccc(C(C)(C)C)cc1)C2=O. The van der Waals surface area contributed by atoms with Gasteiger partial charge in [-0.2, -0.15) is 0 Å². The van der Waals surface area contributed by atoms with Crippen molar-refractivity contribution in [2.45, 2.75) is 33.1 Å². The third-order valence-corrected chi connectivity index (χ3v) is 4.03. The predicted octanol–water partition coefficient (Wildman–Crippen LogP) is 5.00. The van der Waals surface area contributed by atoms with Gasteiger partial charge in [0.1, 0.15) is 11.5 Å². The largest absolute Gasteiger partial charge is 0.494 e. The van der Waals surface area contributed by atoms with Gasteiger partial charge in [0, 0.05) is 6.07 Å². The molecule has 0 fully saturated rings. The van der Waals surface area contributed by atoms with Crippen LogP contribution >= 0.6 is 0 Å². The van der Waals surface area contributed by atoms with E-state index >= 15 is 0 Å². The van der Waals surface area contributed by atoms with Crippen LogP contribution < -0.4 is 9.47 Å². The fourth-order valence-electron chi connectivity index (χ4n) is 2.65. The number of Topliss-reactive ketones (excluding diaryl/α,β-unsaturated/α-hetero) is 1. The number of carbonyl (C=O) groups is 1. The van der Waals surface area contributed by atoms with Crippen LogP contribution in [0.1, 0.15) is 49.2 Å². The average Bonchev–Trinajstić information content (AvgIpc) is 2.83. The minimum Gasteiger partial charge on any atom is -0.494 e. The summed E-state index contributed by atoms with van der Waals surface area (Å²) in [7, 11) is 0. The standard InChI is InChI=1S/C21H22O3/c1-5-23-16-10-11-17-18(13-16)24-19(20(17)22)12-14-6-8-15(9-7-14)21(2,3)4/h6-13H,5H2,1-4H3/b19-12+.